The zero-order valence-corrected chi connectivity index (χ0v) is 8.69. The van der Waals surface area contributed by atoms with Crippen LogP contribution in [-0.4, -0.2) is 10.5 Å². The molecule has 0 aliphatic carbocycles. The number of carboxylic acid groups (broad SMARTS) is 1. The van der Waals surface area contributed by atoms with Crippen molar-refractivity contribution in [1.82, 2.24) is 4.57 Å². The third-order valence-electron chi connectivity index (χ3n) is 2.08. The van der Waals surface area contributed by atoms with Crippen molar-refractivity contribution >= 4 is 5.97 Å². The number of aromatic nitrogens is 2. The summed E-state index contributed by atoms with van der Waals surface area (Å²) in [6.07, 6.45) is 5.43. The van der Waals surface area contributed by atoms with Gasteiger partial charge in [0.05, 0.1) is 13.1 Å². The van der Waals surface area contributed by atoms with E-state index in [1.165, 1.54) is 0 Å². The Morgan fingerprint density at radius 1 is 1.50 bits per heavy atom. The van der Waals surface area contributed by atoms with E-state index < -0.39 is 5.97 Å². The largest absolute Gasteiger partial charge is 0.538 e. The summed E-state index contributed by atoms with van der Waals surface area (Å²) in [5.41, 5.74) is 0. The number of carboxylic acids is 1. The molecule has 0 bridgehead atoms. The van der Waals surface area contributed by atoms with E-state index in [-0.39, 0.29) is 5.82 Å². The summed E-state index contributed by atoms with van der Waals surface area (Å²) < 4.78 is 3.45. The van der Waals surface area contributed by atoms with Crippen molar-refractivity contribution in [1.29, 1.82) is 0 Å². The SMILES string of the molecule is CCCn1cc[n+](CCC)c1C(=O)[O-]. The highest BCUT2D eigenvalue weighted by molar-refractivity contribution is 5.79. The predicted molar refractivity (Wildman–Crippen MR) is 49.5 cm³/mol. The second-order valence-corrected chi connectivity index (χ2v) is 3.30. The standard InChI is InChI=1S/C10H16N2O2/c1-3-5-11-7-8-12(6-4-2)9(11)10(13)14/h7-8H,3-6H2,1-2H3. The van der Waals surface area contributed by atoms with Gasteiger partial charge in [0, 0.05) is 0 Å². The number of hydrogen-bond donors (Lipinski definition) is 0. The lowest BCUT2D eigenvalue weighted by molar-refractivity contribution is -0.700. The highest BCUT2D eigenvalue weighted by Gasteiger charge is 2.16. The van der Waals surface area contributed by atoms with Crippen molar-refractivity contribution in [2.24, 2.45) is 0 Å². The second-order valence-electron chi connectivity index (χ2n) is 3.30. The molecule has 1 rings (SSSR count). The fraction of sp³-hybridized carbons (Fsp3) is 0.600. The number of aromatic carboxylic acids is 1. The van der Waals surface area contributed by atoms with Crippen LogP contribution in [0.2, 0.25) is 0 Å². The monoisotopic (exact) mass is 196 g/mol. The first-order chi connectivity index (χ1) is 6.70. The lowest BCUT2D eigenvalue weighted by Crippen LogP contribution is -2.44. The molecule has 4 heteroatoms. The molecule has 0 N–H and O–H groups in total. The van der Waals surface area contributed by atoms with Gasteiger partial charge in [-0.3, -0.25) is 0 Å². The van der Waals surface area contributed by atoms with Crippen molar-refractivity contribution in [3.8, 4) is 0 Å². The molecule has 0 atom stereocenters. The fourth-order valence-corrected chi connectivity index (χ4v) is 1.54. The van der Waals surface area contributed by atoms with Crippen LogP contribution in [0, 0.1) is 0 Å². The molecular weight excluding hydrogens is 180 g/mol. The van der Waals surface area contributed by atoms with Gasteiger partial charge in [0.2, 0.25) is 0 Å². The predicted octanol–water partition coefficient (Wildman–Crippen LogP) is -0.0409. The van der Waals surface area contributed by atoms with E-state index in [1.807, 2.05) is 13.8 Å². The highest BCUT2D eigenvalue weighted by Crippen LogP contribution is 1.97. The molecule has 0 saturated heterocycles. The Morgan fingerprint density at radius 2 is 2.21 bits per heavy atom. The lowest BCUT2D eigenvalue weighted by Gasteiger charge is -2.03. The normalized spacial score (nSPS) is 10.4. The maximum atomic E-state index is 10.9. The Morgan fingerprint density at radius 3 is 2.71 bits per heavy atom. The van der Waals surface area contributed by atoms with Crippen LogP contribution in [0.1, 0.15) is 37.3 Å². The minimum absolute atomic E-state index is 0.272. The molecule has 0 saturated carbocycles. The quantitative estimate of drug-likeness (QED) is 0.620. The van der Waals surface area contributed by atoms with Crippen molar-refractivity contribution in [2.75, 3.05) is 0 Å². The molecule has 1 aromatic heterocycles. The number of carbonyl (C=O) groups excluding carboxylic acids is 1. The van der Waals surface area contributed by atoms with Crippen LogP contribution in [0.4, 0.5) is 0 Å². The molecule has 0 aromatic carbocycles. The summed E-state index contributed by atoms with van der Waals surface area (Å²) in [4.78, 5) is 10.9. The summed E-state index contributed by atoms with van der Waals surface area (Å²) in [7, 11) is 0. The number of nitrogens with zero attached hydrogens (tertiary/aromatic N) is 2. The van der Waals surface area contributed by atoms with Gasteiger partial charge in [0.15, 0.2) is 5.97 Å². The minimum atomic E-state index is -1.10. The number of carbonyl (C=O) groups is 1. The molecule has 0 radical (unpaired) electrons. The molecule has 14 heavy (non-hydrogen) atoms. The zero-order chi connectivity index (χ0) is 10.6. The fourth-order valence-electron chi connectivity index (χ4n) is 1.54. The van der Waals surface area contributed by atoms with E-state index in [4.69, 9.17) is 0 Å². The Labute approximate surface area is 83.8 Å². The molecule has 4 nitrogen and oxygen atoms in total. The summed E-state index contributed by atoms with van der Waals surface area (Å²) >= 11 is 0. The molecule has 1 heterocycles. The molecule has 0 unspecified atom stereocenters. The number of rotatable bonds is 5. The van der Waals surface area contributed by atoms with Gasteiger partial charge in [-0.1, -0.05) is 13.8 Å². The van der Waals surface area contributed by atoms with Crippen LogP contribution < -0.4 is 9.67 Å². The lowest BCUT2D eigenvalue weighted by atomic mass is 10.4. The Bertz CT molecular complexity index is 294. The smallest absolute Gasteiger partial charge is 0.304 e. The second kappa shape index (κ2) is 4.79. The minimum Gasteiger partial charge on any atom is -0.538 e. The van der Waals surface area contributed by atoms with E-state index in [2.05, 4.69) is 0 Å². The van der Waals surface area contributed by atoms with Crippen LogP contribution in [0.5, 0.6) is 0 Å². The van der Waals surface area contributed by atoms with Crippen LogP contribution in [0.15, 0.2) is 12.4 Å². The van der Waals surface area contributed by atoms with E-state index in [0.29, 0.717) is 0 Å². The van der Waals surface area contributed by atoms with Crippen LogP contribution >= 0.6 is 0 Å². The topological polar surface area (TPSA) is 48.9 Å². The van der Waals surface area contributed by atoms with E-state index in [0.717, 1.165) is 25.9 Å². The molecule has 0 aliphatic rings. The molecule has 0 fully saturated rings. The third-order valence-corrected chi connectivity index (χ3v) is 2.08. The van der Waals surface area contributed by atoms with Gasteiger partial charge < -0.3 is 9.90 Å². The highest BCUT2D eigenvalue weighted by atomic mass is 16.4. The third kappa shape index (κ3) is 2.13. The molecule has 0 amide bonds. The molecular formula is C10H16N2O2. The van der Waals surface area contributed by atoms with Crippen molar-refractivity contribution in [3.05, 3.63) is 18.2 Å². The zero-order valence-electron chi connectivity index (χ0n) is 8.69. The summed E-state index contributed by atoms with van der Waals surface area (Å²) in [5, 5.41) is 10.9. The maximum absolute atomic E-state index is 10.9. The Balaban J connectivity index is 3.00. The molecule has 0 spiro atoms. The van der Waals surface area contributed by atoms with E-state index >= 15 is 0 Å². The van der Waals surface area contributed by atoms with Crippen LogP contribution in [-0.2, 0) is 13.1 Å². The van der Waals surface area contributed by atoms with Crippen LogP contribution in [0.3, 0.4) is 0 Å². The molecule has 78 valence electrons. The van der Waals surface area contributed by atoms with Gasteiger partial charge in [-0.15, -0.1) is 0 Å². The average molecular weight is 196 g/mol. The van der Waals surface area contributed by atoms with Gasteiger partial charge in [-0.05, 0) is 12.8 Å². The summed E-state index contributed by atoms with van der Waals surface area (Å²) in [6.45, 7) is 5.48. The van der Waals surface area contributed by atoms with E-state index in [1.54, 1.807) is 21.5 Å². The summed E-state index contributed by atoms with van der Waals surface area (Å²) in [5.74, 6) is -0.828. The molecule has 1 aromatic rings. The van der Waals surface area contributed by atoms with Crippen LogP contribution in [0.25, 0.3) is 0 Å². The first-order valence-corrected chi connectivity index (χ1v) is 5.00. The first-order valence-electron chi connectivity index (χ1n) is 5.00. The van der Waals surface area contributed by atoms with Gasteiger partial charge in [0.1, 0.15) is 12.4 Å². The van der Waals surface area contributed by atoms with Crippen molar-refractivity contribution in [2.45, 2.75) is 39.8 Å². The van der Waals surface area contributed by atoms with Crippen molar-refractivity contribution < 1.29 is 14.5 Å². The first kappa shape index (κ1) is 10.8. The van der Waals surface area contributed by atoms with Crippen molar-refractivity contribution in [3.63, 3.8) is 0 Å². The summed E-state index contributed by atoms with van der Waals surface area (Å²) in [6, 6.07) is 0. The molecule has 0 aliphatic heterocycles. The van der Waals surface area contributed by atoms with E-state index in [9.17, 15) is 9.90 Å². The van der Waals surface area contributed by atoms with Gasteiger partial charge in [-0.2, -0.15) is 0 Å². The maximum Gasteiger partial charge on any atom is 0.304 e. The van der Waals surface area contributed by atoms with Gasteiger partial charge in [-0.25, -0.2) is 9.13 Å². The Hall–Kier alpha value is -1.32. The number of hydrogen-bond acceptors (Lipinski definition) is 2. The van der Waals surface area contributed by atoms with Gasteiger partial charge >= 0.3 is 5.82 Å². The average Bonchev–Trinajstić information content (AvgIpc) is 2.49. The Kier molecular flexibility index (Phi) is 3.68. The number of aryl methyl sites for hydroxylation is 2. The van der Waals surface area contributed by atoms with Gasteiger partial charge in [0.25, 0.3) is 0 Å². The number of imidazole rings is 1.